The number of Topliss-reactive ketones (excluding diaryl/α,β-unsaturated/α-hetero) is 1. The molecule has 1 aromatic rings. The van der Waals surface area contributed by atoms with Gasteiger partial charge in [0.15, 0.2) is 5.78 Å². The molecule has 0 bridgehead atoms. The average molecular weight is 192 g/mol. The van der Waals surface area contributed by atoms with E-state index in [1.807, 2.05) is 0 Å². The number of ether oxygens (including phenoxy) is 1. The number of hydrogen-bond donors (Lipinski definition) is 0. The number of benzene rings is 1. The van der Waals surface area contributed by atoms with E-state index in [0.29, 0.717) is 17.9 Å². The summed E-state index contributed by atoms with van der Waals surface area (Å²) in [5.41, 5.74) is 0.278. The Morgan fingerprint density at radius 3 is 2.86 bits per heavy atom. The molecule has 0 saturated heterocycles. The lowest BCUT2D eigenvalue weighted by atomic mass is 9.92. The van der Waals surface area contributed by atoms with E-state index >= 15 is 0 Å². The van der Waals surface area contributed by atoms with Crippen LogP contribution in [-0.4, -0.2) is 12.4 Å². The molecule has 3 heteroatoms. The summed E-state index contributed by atoms with van der Waals surface area (Å²) in [5, 5.41) is 0. The third-order valence-electron chi connectivity index (χ3n) is 3.03. The Bertz CT molecular complexity index is 421. The van der Waals surface area contributed by atoms with Crippen molar-refractivity contribution in [3.8, 4) is 5.75 Å². The van der Waals surface area contributed by atoms with Gasteiger partial charge < -0.3 is 4.74 Å². The number of rotatable bonds is 0. The quantitative estimate of drug-likeness (QED) is 0.629. The fourth-order valence-corrected chi connectivity index (χ4v) is 1.89. The fourth-order valence-electron chi connectivity index (χ4n) is 1.89. The molecule has 1 fully saturated rings. The summed E-state index contributed by atoms with van der Waals surface area (Å²) in [7, 11) is 0. The largest absolute Gasteiger partial charge is 0.492 e. The highest BCUT2D eigenvalue weighted by molar-refractivity contribution is 6.05. The first-order valence-electron chi connectivity index (χ1n) is 4.68. The van der Waals surface area contributed by atoms with E-state index in [1.54, 1.807) is 0 Å². The Morgan fingerprint density at radius 2 is 2.14 bits per heavy atom. The molecule has 1 aliphatic carbocycles. The van der Waals surface area contributed by atoms with E-state index in [0.717, 1.165) is 12.8 Å². The summed E-state index contributed by atoms with van der Waals surface area (Å²) in [6.07, 6.45) is 1.81. The number of fused-ring (bicyclic) bond motifs is 1. The van der Waals surface area contributed by atoms with Crippen LogP contribution >= 0.6 is 0 Å². The van der Waals surface area contributed by atoms with Gasteiger partial charge in [-0.25, -0.2) is 4.39 Å². The molecule has 0 aromatic heterocycles. The van der Waals surface area contributed by atoms with Crippen LogP contribution in [0.25, 0.3) is 0 Å². The van der Waals surface area contributed by atoms with Crippen molar-refractivity contribution in [1.29, 1.82) is 0 Å². The van der Waals surface area contributed by atoms with Gasteiger partial charge in [-0.05, 0) is 25.0 Å². The molecule has 14 heavy (non-hydrogen) atoms. The molecule has 1 spiro atoms. The van der Waals surface area contributed by atoms with Gasteiger partial charge in [0.1, 0.15) is 18.2 Å². The molecule has 0 atom stereocenters. The van der Waals surface area contributed by atoms with Gasteiger partial charge in [-0.15, -0.1) is 0 Å². The highest BCUT2D eigenvalue weighted by atomic mass is 19.1. The lowest BCUT2D eigenvalue weighted by molar-refractivity contribution is 0.0798. The van der Waals surface area contributed by atoms with E-state index in [1.165, 1.54) is 18.2 Å². The molecule has 1 aromatic carbocycles. The first kappa shape index (κ1) is 7.97. The third-order valence-corrected chi connectivity index (χ3v) is 3.03. The van der Waals surface area contributed by atoms with Gasteiger partial charge in [0.05, 0.1) is 11.0 Å². The predicted octanol–water partition coefficient (Wildman–Crippen LogP) is 2.18. The zero-order chi connectivity index (χ0) is 9.76. The van der Waals surface area contributed by atoms with Gasteiger partial charge in [-0.2, -0.15) is 0 Å². The van der Waals surface area contributed by atoms with Gasteiger partial charge in [0.25, 0.3) is 0 Å². The minimum absolute atomic E-state index is 0.124. The van der Waals surface area contributed by atoms with Crippen molar-refractivity contribution in [3.63, 3.8) is 0 Å². The van der Waals surface area contributed by atoms with E-state index < -0.39 is 0 Å². The maximum Gasteiger partial charge on any atom is 0.176 e. The van der Waals surface area contributed by atoms with Crippen molar-refractivity contribution in [1.82, 2.24) is 0 Å². The Morgan fingerprint density at radius 1 is 1.36 bits per heavy atom. The smallest absolute Gasteiger partial charge is 0.176 e. The molecule has 3 rings (SSSR count). The summed E-state index contributed by atoms with van der Waals surface area (Å²) < 4.78 is 18.2. The lowest BCUT2D eigenvalue weighted by Gasteiger charge is -2.23. The maximum absolute atomic E-state index is 12.8. The topological polar surface area (TPSA) is 26.3 Å². The molecule has 0 unspecified atom stereocenters. The minimum atomic E-state index is -0.358. The van der Waals surface area contributed by atoms with Gasteiger partial charge >= 0.3 is 0 Å². The summed E-state index contributed by atoms with van der Waals surface area (Å²) in [6.45, 7) is 0.419. The van der Waals surface area contributed by atoms with Crippen LogP contribution in [0.15, 0.2) is 18.2 Å². The van der Waals surface area contributed by atoms with Crippen molar-refractivity contribution in [2.45, 2.75) is 12.8 Å². The fraction of sp³-hybridized carbons (Fsp3) is 0.364. The lowest BCUT2D eigenvalue weighted by Crippen LogP contribution is -2.29. The maximum atomic E-state index is 12.8. The van der Waals surface area contributed by atoms with Crippen LogP contribution in [0.5, 0.6) is 5.75 Å². The number of hydrogen-bond acceptors (Lipinski definition) is 2. The first-order chi connectivity index (χ1) is 6.71. The van der Waals surface area contributed by atoms with E-state index in [2.05, 4.69) is 0 Å². The predicted molar refractivity (Wildman–Crippen MR) is 47.9 cm³/mol. The molecule has 2 aliphatic rings. The average Bonchev–Trinajstić information content (AvgIpc) is 2.93. The molecule has 0 N–H and O–H groups in total. The van der Waals surface area contributed by atoms with Gasteiger partial charge in [0.2, 0.25) is 0 Å². The molecule has 0 radical (unpaired) electrons. The zero-order valence-electron chi connectivity index (χ0n) is 7.55. The zero-order valence-corrected chi connectivity index (χ0v) is 7.55. The molecule has 1 saturated carbocycles. The van der Waals surface area contributed by atoms with E-state index in [-0.39, 0.29) is 17.0 Å². The Labute approximate surface area is 80.7 Å². The van der Waals surface area contributed by atoms with Crippen molar-refractivity contribution < 1.29 is 13.9 Å². The van der Waals surface area contributed by atoms with E-state index in [4.69, 9.17) is 4.74 Å². The highest BCUT2D eigenvalue weighted by Crippen LogP contribution is 2.52. The number of halogens is 1. The van der Waals surface area contributed by atoms with Crippen LogP contribution < -0.4 is 4.74 Å². The summed E-state index contributed by atoms with van der Waals surface area (Å²) >= 11 is 0. The number of carbonyl (C=O) groups excluding carboxylic acids is 1. The Balaban J connectivity index is 2.12. The minimum Gasteiger partial charge on any atom is -0.492 e. The Hall–Kier alpha value is -1.38. The van der Waals surface area contributed by atoms with Gasteiger partial charge in [-0.3, -0.25) is 4.79 Å². The van der Waals surface area contributed by atoms with Crippen LogP contribution in [0.1, 0.15) is 23.2 Å². The second kappa shape index (κ2) is 2.35. The van der Waals surface area contributed by atoms with Crippen molar-refractivity contribution in [2.24, 2.45) is 5.41 Å². The van der Waals surface area contributed by atoms with Gasteiger partial charge in [-0.1, -0.05) is 0 Å². The normalized spacial score (nSPS) is 21.6. The summed E-state index contributed by atoms with van der Waals surface area (Å²) in [4.78, 5) is 11.9. The van der Waals surface area contributed by atoms with Crippen LogP contribution in [0, 0.1) is 11.2 Å². The number of carbonyl (C=O) groups is 1. The Kier molecular flexibility index (Phi) is 1.34. The molecule has 72 valence electrons. The van der Waals surface area contributed by atoms with Crippen LogP contribution in [-0.2, 0) is 0 Å². The van der Waals surface area contributed by atoms with Crippen LogP contribution in [0.4, 0.5) is 4.39 Å². The molecular weight excluding hydrogens is 183 g/mol. The van der Waals surface area contributed by atoms with Gasteiger partial charge in [0, 0.05) is 6.07 Å². The monoisotopic (exact) mass is 192 g/mol. The molecule has 2 nitrogen and oxygen atoms in total. The second-order valence-corrected chi connectivity index (χ2v) is 4.04. The van der Waals surface area contributed by atoms with E-state index in [9.17, 15) is 9.18 Å². The summed E-state index contributed by atoms with van der Waals surface area (Å²) in [5.74, 6) is 0.162. The standard InChI is InChI=1S/C11H9FO2/c12-7-1-2-8-9(5-7)14-6-11(3-4-11)10(8)13/h1-2,5H,3-4,6H2. The van der Waals surface area contributed by atoms with Crippen molar-refractivity contribution in [3.05, 3.63) is 29.6 Å². The summed E-state index contributed by atoms with van der Waals surface area (Å²) in [6, 6.07) is 4.11. The van der Waals surface area contributed by atoms with Crippen LogP contribution in [0.3, 0.4) is 0 Å². The molecular formula is C11H9FO2. The number of ketones is 1. The second-order valence-electron chi connectivity index (χ2n) is 4.04. The third kappa shape index (κ3) is 0.924. The molecule has 1 heterocycles. The molecule has 0 amide bonds. The first-order valence-corrected chi connectivity index (χ1v) is 4.68. The SMILES string of the molecule is O=C1c2ccc(F)cc2OCC12CC2. The van der Waals surface area contributed by atoms with Crippen molar-refractivity contribution >= 4 is 5.78 Å². The molecule has 1 aliphatic heterocycles. The highest BCUT2D eigenvalue weighted by Gasteiger charge is 2.53. The van der Waals surface area contributed by atoms with Crippen molar-refractivity contribution in [2.75, 3.05) is 6.61 Å². The van der Waals surface area contributed by atoms with Crippen LogP contribution in [0.2, 0.25) is 0 Å².